The first kappa shape index (κ1) is 39.5. The van der Waals surface area contributed by atoms with Crippen molar-refractivity contribution in [3.63, 3.8) is 0 Å². The summed E-state index contributed by atoms with van der Waals surface area (Å²) in [6.45, 7) is 8.26. The van der Waals surface area contributed by atoms with Crippen molar-refractivity contribution in [3.05, 3.63) is 144 Å². The SMILES string of the molecule is C=N/C(=C\NCCN(CCC)C(=O)Cc1ccccc1)c1ccc(-c2cc3cc(-c4cnc([C@@H]5CCCN5C(=O)[C@H](NC)c5ccccc5)[nH]4)ccc3o2)c(C#N)c1. The van der Waals surface area contributed by atoms with Gasteiger partial charge in [0.15, 0.2) is 0 Å². The van der Waals surface area contributed by atoms with Crippen LogP contribution in [-0.2, 0) is 16.0 Å². The van der Waals surface area contributed by atoms with Gasteiger partial charge in [0.1, 0.15) is 23.2 Å². The molecule has 2 amide bonds. The molecule has 11 heteroatoms. The van der Waals surface area contributed by atoms with E-state index in [9.17, 15) is 14.9 Å². The van der Waals surface area contributed by atoms with Gasteiger partial charge >= 0.3 is 0 Å². The molecule has 1 aliphatic rings. The summed E-state index contributed by atoms with van der Waals surface area (Å²) in [6.07, 6.45) is 6.56. The number of H-pyrrole nitrogens is 1. The number of hydrogen-bond acceptors (Lipinski definition) is 8. The molecule has 3 heterocycles. The molecule has 58 heavy (non-hydrogen) atoms. The molecule has 294 valence electrons. The molecule has 3 N–H and O–H groups in total. The Hall–Kier alpha value is -6.77. The van der Waals surface area contributed by atoms with Gasteiger partial charge in [-0.05, 0) is 80.6 Å². The van der Waals surface area contributed by atoms with E-state index < -0.39 is 6.04 Å². The zero-order valence-corrected chi connectivity index (χ0v) is 32.9. The maximum Gasteiger partial charge on any atom is 0.244 e. The van der Waals surface area contributed by atoms with Crippen LogP contribution in [0.3, 0.4) is 0 Å². The monoisotopic (exact) mass is 772 g/mol. The lowest BCUT2D eigenvalue weighted by molar-refractivity contribution is -0.134. The Labute approximate surface area is 339 Å². The smallest absolute Gasteiger partial charge is 0.244 e. The van der Waals surface area contributed by atoms with E-state index in [1.165, 1.54) is 0 Å². The molecule has 0 saturated carbocycles. The Balaban J connectivity index is 1.03. The average molecular weight is 773 g/mol. The van der Waals surface area contributed by atoms with E-state index in [1.54, 1.807) is 12.3 Å². The predicted octanol–water partition coefficient (Wildman–Crippen LogP) is 8.06. The van der Waals surface area contributed by atoms with Crippen molar-refractivity contribution in [3.8, 4) is 28.7 Å². The van der Waals surface area contributed by atoms with Crippen molar-refractivity contribution in [2.45, 2.75) is 44.7 Å². The van der Waals surface area contributed by atoms with Gasteiger partial charge in [0.2, 0.25) is 11.8 Å². The highest BCUT2D eigenvalue weighted by molar-refractivity contribution is 5.88. The normalized spacial score (nSPS) is 14.6. The van der Waals surface area contributed by atoms with Gasteiger partial charge < -0.3 is 29.8 Å². The predicted molar refractivity (Wildman–Crippen MR) is 228 cm³/mol. The van der Waals surface area contributed by atoms with Crippen molar-refractivity contribution in [2.75, 3.05) is 33.2 Å². The number of aromatic nitrogens is 2. The van der Waals surface area contributed by atoms with Crippen LogP contribution >= 0.6 is 0 Å². The van der Waals surface area contributed by atoms with Gasteiger partial charge in [-0.15, -0.1) is 0 Å². The second-order valence-electron chi connectivity index (χ2n) is 14.4. The molecule has 1 saturated heterocycles. The minimum Gasteiger partial charge on any atom is -0.456 e. The van der Waals surface area contributed by atoms with Crippen molar-refractivity contribution in [1.82, 2.24) is 30.4 Å². The third kappa shape index (κ3) is 8.78. The van der Waals surface area contributed by atoms with Crippen molar-refractivity contribution in [1.29, 1.82) is 5.26 Å². The second-order valence-corrected chi connectivity index (χ2v) is 14.4. The first-order valence-electron chi connectivity index (χ1n) is 19.8. The van der Waals surface area contributed by atoms with Gasteiger partial charge in [0, 0.05) is 54.5 Å². The molecule has 0 spiro atoms. The van der Waals surface area contributed by atoms with E-state index in [4.69, 9.17) is 9.40 Å². The third-order valence-corrected chi connectivity index (χ3v) is 10.6. The summed E-state index contributed by atoms with van der Waals surface area (Å²) in [4.78, 5) is 43.0. The number of furan rings is 1. The highest BCUT2D eigenvalue weighted by Gasteiger charge is 2.35. The number of likely N-dealkylation sites (tertiary alicyclic amines) is 1. The first-order valence-corrected chi connectivity index (χ1v) is 19.8. The number of fused-ring (bicyclic) bond motifs is 1. The van der Waals surface area contributed by atoms with Crippen LogP contribution in [0.5, 0.6) is 0 Å². The molecule has 0 bridgehead atoms. The fourth-order valence-electron chi connectivity index (χ4n) is 7.67. The molecule has 7 rings (SSSR count). The highest BCUT2D eigenvalue weighted by atomic mass is 16.3. The lowest BCUT2D eigenvalue weighted by Gasteiger charge is -2.28. The number of nitriles is 1. The standard InChI is InChI=1S/C47H48N8O3/c1-4-22-54(44(56)25-32-12-7-5-8-13-32)24-21-51-30-39(49-2)34-17-19-38(37(27-34)29-48)43-28-36-26-35(18-20-42(36)58-43)40-31-52-46(53-40)41-16-11-23-55(41)47(57)45(50-3)33-14-9-6-10-15-33/h5-10,12-15,17-20,26-28,30-31,41,45,50-51H,2,4,11,16,21-25H2,1,3H3,(H,52,53)/b39-30-/t41-,45+/m0/s1. The Morgan fingerprint density at radius 1 is 1.07 bits per heavy atom. The molecule has 2 atom stereocenters. The van der Waals surface area contributed by atoms with Crippen LogP contribution in [0.25, 0.3) is 39.2 Å². The number of amides is 2. The van der Waals surface area contributed by atoms with Gasteiger partial charge in [-0.1, -0.05) is 73.7 Å². The van der Waals surface area contributed by atoms with Crippen LogP contribution < -0.4 is 10.6 Å². The van der Waals surface area contributed by atoms with Crippen LogP contribution in [0.4, 0.5) is 0 Å². The molecule has 11 nitrogen and oxygen atoms in total. The molecule has 0 aliphatic carbocycles. The van der Waals surface area contributed by atoms with Crippen molar-refractivity contribution >= 4 is 35.2 Å². The van der Waals surface area contributed by atoms with E-state index in [0.717, 1.165) is 58.4 Å². The summed E-state index contributed by atoms with van der Waals surface area (Å²) < 4.78 is 6.27. The Morgan fingerprint density at radius 3 is 2.60 bits per heavy atom. The highest BCUT2D eigenvalue weighted by Crippen LogP contribution is 2.36. The number of carbonyl (C=O) groups excluding carboxylic acids is 2. The van der Waals surface area contributed by atoms with Gasteiger partial charge in [0.25, 0.3) is 0 Å². The molecule has 4 aromatic carbocycles. The number of nitrogens with one attached hydrogen (secondary N) is 3. The van der Waals surface area contributed by atoms with E-state index in [0.29, 0.717) is 60.8 Å². The summed E-state index contributed by atoms with van der Waals surface area (Å²) in [6, 6.07) is 34.7. The maximum atomic E-state index is 13.7. The summed E-state index contributed by atoms with van der Waals surface area (Å²) in [5.74, 6) is 1.47. The Kier molecular flexibility index (Phi) is 12.6. The third-order valence-electron chi connectivity index (χ3n) is 10.6. The Bertz CT molecular complexity index is 2450. The summed E-state index contributed by atoms with van der Waals surface area (Å²) >= 11 is 0. The molecule has 0 radical (unpaired) electrons. The number of aliphatic imine (C=N–C) groups is 1. The Morgan fingerprint density at radius 2 is 1.86 bits per heavy atom. The van der Waals surface area contributed by atoms with Gasteiger partial charge in [-0.3, -0.25) is 14.6 Å². The summed E-state index contributed by atoms with van der Waals surface area (Å²) in [7, 11) is 1.82. The molecule has 6 aromatic rings. The fourth-order valence-corrected chi connectivity index (χ4v) is 7.67. The van der Waals surface area contributed by atoms with Crippen LogP contribution in [0.1, 0.15) is 66.3 Å². The number of likely N-dealkylation sites (N-methyl/N-ethyl adjacent to an activating group) is 1. The number of hydrogen-bond donors (Lipinski definition) is 3. The quantitative estimate of drug-likeness (QED) is 0.0668. The maximum absolute atomic E-state index is 13.7. The topological polar surface area (TPSA) is 143 Å². The number of rotatable bonds is 16. The number of aromatic amines is 1. The van der Waals surface area contributed by atoms with Gasteiger partial charge in [-0.25, -0.2) is 4.98 Å². The lowest BCUT2D eigenvalue weighted by Crippen LogP contribution is -2.39. The van der Waals surface area contributed by atoms with Crippen LogP contribution in [-0.4, -0.2) is 71.5 Å². The van der Waals surface area contributed by atoms with Crippen LogP contribution in [0, 0.1) is 11.3 Å². The number of nitrogens with zero attached hydrogens (tertiary/aromatic N) is 5. The van der Waals surface area contributed by atoms with Gasteiger partial charge in [-0.2, -0.15) is 5.26 Å². The van der Waals surface area contributed by atoms with E-state index >= 15 is 0 Å². The van der Waals surface area contributed by atoms with Crippen molar-refractivity contribution < 1.29 is 14.0 Å². The molecule has 2 aromatic heterocycles. The number of imidazole rings is 1. The second kappa shape index (κ2) is 18.4. The zero-order valence-electron chi connectivity index (χ0n) is 32.9. The molecular formula is C47H48N8O3. The van der Waals surface area contributed by atoms with Crippen LogP contribution in [0.15, 0.2) is 125 Å². The van der Waals surface area contributed by atoms with E-state index in [1.807, 2.05) is 120 Å². The molecule has 0 unspecified atom stereocenters. The fraction of sp³-hybridized carbons (Fsp3) is 0.255. The van der Waals surface area contributed by atoms with Gasteiger partial charge in [0.05, 0.1) is 41.7 Å². The lowest BCUT2D eigenvalue weighted by atomic mass is 10.0. The molecule has 1 fully saturated rings. The average Bonchev–Trinajstić information content (AvgIpc) is 4.04. The summed E-state index contributed by atoms with van der Waals surface area (Å²) in [5, 5.41) is 17.6. The largest absolute Gasteiger partial charge is 0.456 e. The van der Waals surface area contributed by atoms with Crippen molar-refractivity contribution in [2.24, 2.45) is 4.99 Å². The van der Waals surface area contributed by atoms with Crippen LogP contribution in [0.2, 0.25) is 0 Å². The zero-order chi connectivity index (χ0) is 40.4. The number of benzene rings is 4. The minimum absolute atomic E-state index is 0.0363. The first-order chi connectivity index (χ1) is 28.4. The van der Waals surface area contributed by atoms with E-state index in [-0.39, 0.29) is 17.9 Å². The molecular weight excluding hydrogens is 725 g/mol. The van der Waals surface area contributed by atoms with E-state index in [2.05, 4.69) is 40.3 Å². The molecule has 1 aliphatic heterocycles. The number of carbonyl (C=O) groups is 2. The minimum atomic E-state index is -0.428. The summed E-state index contributed by atoms with van der Waals surface area (Å²) in [5.41, 5.74) is 6.81.